The quantitative estimate of drug-likeness (QED) is 0.678. The molecule has 0 radical (unpaired) electrons. The monoisotopic (exact) mass is 474 g/mol. The first-order chi connectivity index (χ1) is 15.8. The van der Waals surface area contributed by atoms with Crippen molar-refractivity contribution in [3.05, 3.63) is 58.9 Å². The summed E-state index contributed by atoms with van der Waals surface area (Å²) in [4.78, 5) is 17.7. The summed E-state index contributed by atoms with van der Waals surface area (Å²) >= 11 is 1.72. The number of carbonyl (C=O) groups excluding carboxylic acids is 1. The van der Waals surface area contributed by atoms with Crippen molar-refractivity contribution in [2.75, 3.05) is 23.9 Å². The Bertz CT molecular complexity index is 1050. The number of carbonyl (C=O) groups is 1. The molecule has 1 aliphatic carbocycles. The molecule has 0 spiro atoms. The number of halogens is 3. The number of thioether (sulfide) groups is 1. The Balaban J connectivity index is 1.47. The zero-order valence-electron chi connectivity index (χ0n) is 18.2. The maximum Gasteiger partial charge on any atom is 0.414 e. The van der Waals surface area contributed by atoms with E-state index in [1.165, 1.54) is 19.3 Å². The second kappa shape index (κ2) is 9.64. The van der Waals surface area contributed by atoms with Gasteiger partial charge in [-0.1, -0.05) is 12.1 Å². The fourth-order valence-electron chi connectivity index (χ4n) is 4.69. The van der Waals surface area contributed by atoms with Crippen LogP contribution in [0.15, 0.2) is 36.5 Å². The van der Waals surface area contributed by atoms with Crippen molar-refractivity contribution in [1.29, 1.82) is 5.26 Å². The van der Waals surface area contributed by atoms with Crippen molar-refractivity contribution in [2.24, 2.45) is 5.92 Å². The third kappa shape index (κ3) is 5.11. The summed E-state index contributed by atoms with van der Waals surface area (Å²) in [5.41, 5.74) is 3.18. The van der Waals surface area contributed by atoms with Crippen molar-refractivity contribution in [3.63, 3.8) is 0 Å². The minimum Gasteiger partial charge on any atom is -0.380 e. The highest BCUT2D eigenvalue weighted by atomic mass is 32.2. The van der Waals surface area contributed by atoms with E-state index in [-0.39, 0.29) is 17.7 Å². The van der Waals surface area contributed by atoms with E-state index in [0.29, 0.717) is 30.5 Å². The molecule has 2 aromatic rings. The molecule has 1 aromatic heterocycles. The molecule has 2 aliphatic rings. The van der Waals surface area contributed by atoms with Gasteiger partial charge in [-0.25, -0.2) is 0 Å². The molecular formula is C24H25F3N4OS. The van der Waals surface area contributed by atoms with Gasteiger partial charge >= 0.3 is 6.18 Å². The molecule has 1 N–H and O–H groups in total. The van der Waals surface area contributed by atoms with Crippen LogP contribution >= 0.6 is 11.8 Å². The van der Waals surface area contributed by atoms with Gasteiger partial charge < -0.3 is 10.2 Å². The van der Waals surface area contributed by atoms with Crippen molar-refractivity contribution < 1.29 is 18.0 Å². The summed E-state index contributed by atoms with van der Waals surface area (Å²) in [6.45, 7) is 0. The Morgan fingerprint density at radius 3 is 2.64 bits per heavy atom. The lowest BCUT2D eigenvalue weighted by atomic mass is 9.99. The number of benzene rings is 1. The molecule has 1 aliphatic heterocycles. The first-order valence-electron chi connectivity index (χ1n) is 10.9. The molecule has 1 fully saturated rings. The second-order valence-electron chi connectivity index (χ2n) is 8.56. The number of alkyl halides is 3. The van der Waals surface area contributed by atoms with Gasteiger partial charge in [0, 0.05) is 19.0 Å². The smallest absolute Gasteiger partial charge is 0.380 e. The Morgan fingerprint density at radius 2 is 2.00 bits per heavy atom. The Kier molecular flexibility index (Phi) is 6.84. The summed E-state index contributed by atoms with van der Waals surface area (Å²) in [5, 5.41) is 12.6. The molecule has 2 atom stereocenters. The van der Waals surface area contributed by atoms with E-state index in [1.807, 2.05) is 12.1 Å². The standard InChI is InChI=1S/C24H25F3N4OS/c1-31(23(32)15-7-9-33-10-8-15)22(24(25,26)27)21-6-5-18(14-29-21)30-19-11-16-3-2-4-17(13-28)20(16)12-19/h2-6,14-15,19,22,30H,7-12H2,1H3/t19?,22-/m0/s1. The highest BCUT2D eigenvalue weighted by molar-refractivity contribution is 7.99. The van der Waals surface area contributed by atoms with E-state index in [1.54, 1.807) is 23.9 Å². The van der Waals surface area contributed by atoms with E-state index >= 15 is 0 Å². The molecule has 1 saturated heterocycles. The summed E-state index contributed by atoms with van der Waals surface area (Å²) in [6.07, 6.45) is -0.635. The van der Waals surface area contributed by atoms with Crippen LogP contribution in [0, 0.1) is 17.2 Å². The average molecular weight is 475 g/mol. The van der Waals surface area contributed by atoms with E-state index in [2.05, 4.69) is 16.4 Å². The number of nitriles is 1. The molecule has 0 bridgehead atoms. The fourth-order valence-corrected chi connectivity index (χ4v) is 5.80. The third-order valence-corrected chi connectivity index (χ3v) is 7.41. The van der Waals surface area contributed by atoms with Gasteiger partial charge in [0.1, 0.15) is 0 Å². The molecule has 1 unspecified atom stereocenters. The lowest BCUT2D eigenvalue weighted by Crippen LogP contribution is -2.43. The van der Waals surface area contributed by atoms with Gasteiger partial charge in [-0.15, -0.1) is 0 Å². The van der Waals surface area contributed by atoms with Crippen molar-refractivity contribution in [2.45, 2.75) is 43.9 Å². The Hall–Kier alpha value is -2.73. The number of amides is 1. The normalized spacial score (nSPS) is 19.4. The predicted octanol–water partition coefficient (Wildman–Crippen LogP) is 4.74. The SMILES string of the molecule is CN(C(=O)C1CCSCC1)[C@@H](c1ccc(NC2Cc3cccc(C#N)c3C2)cn1)C(F)(F)F. The molecule has 33 heavy (non-hydrogen) atoms. The first-order valence-corrected chi connectivity index (χ1v) is 12.1. The van der Waals surface area contributed by atoms with Crippen LogP contribution in [0.25, 0.3) is 0 Å². The van der Waals surface area contributed by atoms with Crippen LogP contribution in [0.3, 0.4) is 0 Å². The van der Waals surface area contributed by atoms with Crippen molar-refractivity contribution >= 4 is 23.4 Å². The number of aromatic nitrogens is 1. The number of fused-ring (bicyclic) bond motifs is 1. The van der Waals surface area contributed by atoms with E-state index in [4.69, 9.17) is 0 Å². The Labute approximate surface area is 195 Å². The lowest BCUT2D eigenvalue weighted by molar-refractivity contribution is -0.191. The van der Waals surface area contributed by atoms with Gasteiger partial charge in [-0.3, -0.25) is 9.78 Å². The van der Waals surface area contributed by atoms with Gasteiger partial charge in [0.15, 0.2) is 6.04 Å². The van der Waals surface area contributed by atoms with Crippen molar-refractivity contribution in [3.8, 4) is 6.07 Å². The van der Waals surface area contributed by atoms with Crippen molar-refractivity contribution in [1.82, 2.24) is 9.88 Å². The minimum atomic E-state index is -4.63. The van der Waals surface area contributed by atoms with Crippen LogP contribution in [0.1, 0.15) is 41.3 Å². The number of anilines is 1. The number of rotatable bonds is 5. The molecule has 174 valence electrons. The predicted molar refractivity (Wildman–Crippen MR) is 122 cm³/mol. The highest BCUT2D eigenvalue weighted by Crippen LogP contribution is 2.38. The zero-order chi connectivity index (χ0) is 23.6. The number of nitrogens with zero attached hydrogens (tertiary/aromatic N) is 3. The van der Waals surface area contributed by atoms with E-state index in [0.717, 1.165) is 34.0 Å². The maximum atomic E-state index is 14.0. The van der Waals surface area contributed by atoms with Crippen LogP contribution in [-0.2, 0) is 17.6 Å². The summed E-state index contributed by atoms with van der Waals surface area (Å²) < 4.78 is 41.9. The minimum absolute atomic E-state index is 0.0361. The zero-order valence-corrected chi connectivity index (χ0v) is 19.0. The first kappa shape index (κ1) is 23.4. The Morgan fingerprint density at radius 1 is 1.24 bits per heavy atom. The average Bonchev–Trinajstić information content (AvgIpc) is 3.22. The van der Waals surface area contributed by atoms with Crippen LogP contribution < -0.4 is 5.32 Å². The lowest BCUT2D eigenvalue weighted by Gasteiger charge is -2.33. The van der Waals surface area contributed by atoms with Gasteiger partial charge in [0.2, 0.25) is 5.91 Å². The number of pyridine rings is 1. The van der Waals surface area contributed by atoms with Crippen LogP contribution in [0.4, 0.5) is 18.9 Å². The second-order valence-corrected chi connectivity index (χ2v) is 9.78. The number of hydrogen-bond donors (Lipinski definition) is 1. The summed E-state index contributed by atoms with van der Waals surface area (Å²) in [5.74, 6) is 0.740. The number of hydrogen-bond acceptors (Lipinski definition) is 5. The topological polar surface area (TPSA) is 69.0 Å². The highest BCUT2D eigenvalue weighted by Gasteiger charge is 2.47. The maximum absolute atomic E-state index is 14.0. The van der Waals surface area contributed by atoms with Gasteiger partial charge in [0.25, 0.3) is 0 Å². The van der Waals surface area contributed by atoms with Crippen LogP contribution in [0.2, 0.25) is 0 Å². The van der Waals surface area contributed by atoms with E-state index in [9.17, 15) is 23.2 Å². The fraction of sp³-hybridized carbons (Fsp3) is 0.458. The van der Waals surface area contributed by atoms with Gasteiger partial charge in [0.05, 0.1) is 29.2 Å². The molecule has 0 saturated carbocycles. The molecule has 1 amide bonds. The molecule has 1 aromatic carbocycles. The third-order valence-electron chi connectivity index (χ3n) is 6.36. The molecular weight excluding hydrogens is 449 g/mol. The summed E-state index contributed by atoms with van der Waals surface area (Å²) in [7, 11) is 1.22. The van der Waals surface area contributed by atoms with E-state index < -0.39 is 18.1 Å². The largest absolute Gasteiger partial charge is 0.414 e. The van der Waals surface area contributed by atoms with Gasteiger partial charge in [-0.2, -0.15) is 30.2 Å². The molecule has 9 heteroatoms. The van der Waals surface area contributed by atoms with Crippen LogP contribution in [-0.4, -0.2) is 46.6 Å². The molecule has 5 nitrogen and oxygen atoms in total. The van der Waals surface area contributed by atoms with Gasteiger partial charge in [-0.05, 0) is 66.5 Å². The number of nitrogens with one attached hydrogen (secondary N) is 1. The molecule has 2 heterocycles. The summed E-state index contributed by atoms with van der Waals surface area (Å²) in [6, 6.07) is 8.72. The van der Waals surface area contributed by atoms with Crippen LogP contribution in [0.5, 0.6) is 0 Å². The molecule has 4 rings (SSSR count).